The van der Waals surface area contributed by atoms with Gasteiger partial charge in [0.2, 0.25) is 0 Å². The summed E-state index contributed by atoms with van der Waals surface area (Å²) < 4.78 is 0. The second-order valence-electron chi connectivity index (χ2n) is 6.22. The first kappa shape index (κ1) is 23.9. The van der Waals surface area contributed by atoms with Crippen molar-refractivity contribution in [1.29, 1.82) is 0 Å². The normalized spacial score (nSPS) is 13.0. The molecule has 2 nitrogen and oxygen atoms in total. The lowest BCUT2D eigenvalue weighted by Gasteiger charge is -2.04. The number of hydrogen-bond donors (Lipinski definition) is 1. The van der Waals surface area contributed by atoms with Gasteiger partial charge in [-0.3, -0.25) is 4.79 Å². The van der Waals surface area contributed by atoms with Crippen LogP contribution in [0.25, 0.3) is 0 Å². The monoisotopic (exact) mass is 356 g/mol. The smallest absolute Gasteiger partial charge is 0.306 e. The summed E-state index contributed by atoms with van der Waals surface area (Å²) in [6.45, 7) is 4.07. The lowest BCUT2D eigenvalue weighted by molar-refractivity contribution is -0.141. The molecule has 0 amide bonds. The van der Waals surface area contributed by atoms with Crippen molar-refractivity contribution in [3.8, 4) is 0 Å². The van der Waals surface area contributed by atoms with E-state index in [1.54, 1.807) is 0 Å². The van der Waals surface area contributed by atoms with Crippen molar-refractivity contribution in [2.75, 3.05) is 0 Å². The predicted molar refractivity (Wildman–Crippen MR) is 113 cm³/mol. The van der Waals surface area contributed by atoms with Crippen LogP contribution in [0.15, 0.2) is 66.5 Å². The lowest BCUT2D eigenvalue weighted by Crippen LogP contribution is -2.11. The van der Waals surface area contributed by atoms with Crippen molar-refractivity contribution in [3.63, 3.8) is 0 Å². The molecule has 0 aromatic carbocycles. The minimum atomic E-state index is -0.691. The van der Waals surface area contributed by atoms with Gasteiger partial charge in [-0.1, -0.05) is 62.5 Å². The maximum Gasteiger partial charge on any atom is 0.306 e. The van der Waals surface area contributed by atoms with Gasteiger partial charge in [-0.25, -0.2) is 0 Å². The number of carboxylic acids is 1. The van der Waals surface area contributed by atoms with Crippen LogP contribution in [0.2, 0.25) is 0 Å². The molecule has 0 bridgehead atoms. The third-order valence-corrected chi connectivity index (χ3v) is 3.96. The Labute approximate surface area is 160 Å². The van der Waals surface area contributed by atoms with E-state index in [0.29, 0.717) is 12.8 Å². The highest BCUT2D eigenvalue weighted by atomic mass is 16.4. The number of rotatable bonds is 15. The fourth-order valence-electron chi connectivity index (χ4n) is 2.30. The summed E-state index contributed by atoms with van der Waals surface area (Å²) in [5.41, 5.74) is 3.19. The van der Waals surface area contributed by atoms with E-state index in [4.69, 9.17) is 5.11 Å². The Kier molecular flexibility index (Phi) is 17.8. The van der Waals surface area contributed by atoms with Gasteiger partial charge in [0.05, 0.1) is 5.92 Å². The minimum absolute atomic E-state index is 0.235. The molecule has 0 aromatic rings. The number of carboxylic acid groups (broad SMARTS) is 1. The fraction of sp³-hybridized carbons (Fsp3) is 0.500. The average Bonchev–Trinajstić information content (AvgIpc) is 2.63. The molecule has 2 heteroatoms. The van der Waals surface area contributed by atoms with Crippen LogP contribution in [-0.4, -0.2) is 11.1 Å². The van der Waals surface area contributed by atoms with Crippen LogP contribution in [0.5, 0.6) is 0 Å². The van der Waals surface area contributed by atoms with Crippen molar-refractivity contribution < 1.29 is 9.90 Å². The zero-order chi connectivity index (χ0) is 19.3. The standard InChI is InChI=1S/C24H36O2/c1-3-5-6-7-8-9-10-11-12-13-14-15-16-17-18-19-20-21-22-23(4-2)24(25)26/h5-6,8-9,11-13,15,20-21,23H,3-4,7,10,16-19,22H2,1-2H3,(H,25,26)/b6-5-,9-8-,12-11-,21-20-. The Balaban J connectivity index is 3.65. The van der Waals surface area contributed by atoms with Crippen molar-refractivity contribution in [2.24, 2.45) is 5.92 Å². The molecule has 0 heterocycles. The van der Waals surface area contributed by atoms with Gasteiger partial charge >= 0.3 is 5.97 Å². The highest BCUT2D eigenvalue weighted by Crippen LogP contribution is 2.10. The highest BCUT2D eigenvalue weighted by molar-refractivity contribution is 5.70. The molecular weight excluding hydrogens is 320 g/mol. The summed E-state index contributed by atoms with van der Waals surface area (Å²) in [5, 5.41) is 8.96. The van der Waals surface area contributed by atoms with Crippen molar-refractivity contribution >= 4 is 5.97 Å². The number of carbonyl (C=O) groups is 1. The number of allylic oxidation sites excluding steroid dienone is 9. The molecular formula is C24H36O2. The van der Waals surface area contributed by atoms with Gasteiger partial charge in [0.25, 0.3) is 0 Å². The van der Waals surface area contributed by atoms with E-state index in [1.807, 2.05) is 25.2 Å². The van der Waals surface area contributed by atoms with Gasteiger partial charge in [0.1, 0.15) is 0 Å². The third-order valence-electron chi connectivity index (χ3n) is 3.96. The van der Waals surface area contributed by atoms with E-state index in [2.05, 4.69) is 55.2 Å². The number of unbranched alkanes of at least 4 members (excludes halogenated alkanes) is 3. The molecule has 0 aromatic heterocycles. The Morgan fingerprint density at radius 1 is 0.923 bits per heavy atom. The fourth-order valence-corrected chi connectivity index (χ4v) is 2.30. The first-order chi connectivity index (χ1) is 12.7. The maximum atomic E-state index is 10.9. The molecule has 1 N–H and O–H groups in total. The van der Waals surface area contributed by atoms with Gasteiger partial charge in [-0.05, 0) is 69.9 Å². The summed E-state index contributed by atoms with van der Waals surface area (Å²) in [7, 11) is 0. The Morgan fingerprint density at radius 3 is 2.31 bits per heavy atom. The van der Waals surface area contributed by atoms with Crippen LogP contribution in [0.3, 0.4) is 0 Å². The highest BCUT2D eigenvalue weighted by Gasteiger charge is 2.11. The minimum Gasteiger partial charge on any atom is -0.481 e. The zero-order valence-electron chi connectivity index (χ0n) is 16.6. The van der Waals surface area contributed by atoms with Gasteiger partial charge in [-0.2, -0.15) is 0 Å². The molecule has 144 valence electrons. The first-order valence-corrected chi connectivity index (χ1v) is 9.96. The summed E-state index contributed by atoms with van der Waals surface area (Å²) in [6, 6.07) is 0. The van der Waals surface area contributed by atoms with Crippen LogP contribution in [0, 0.1) is 5.92 Å². The number of aliphatic carboxylic acids is 1. The molecule has 1 atom stereocenters. The third kappa shape index (κ3) is 16.8. The molecule has 0 fully saturated rings. The Morgan fingerprint density at radius 2 is 1.62 bits per heavy atom. The second-order valence-corrected chi connectivity index (χ2v) is 6.22. The lowest BCUT2D eigenvalue weighted by atomic mass is 10.0. The van der Waals surface area contributed by atoms with Crippen LogP contribution >= 0.6 is 0 Å². The molecule has 0 aliphatic carbocycles. The summed E-state index contributed by atoms with van der Waals surface area (Å²) in [4.78, 5) is 10.9. The Bertz CT molecular complexity index is 514. The molecule has 0 aliphatic heterocycles. The zero-order valence-corrected chi connectivity index (χ0v) is 16.6. The van der Waals surface area contributed by atoms with Gasteiger partial charge in [0.15, 0.2) is 0 Å². The van der Waals surface area contributed by atoms with Crippen LogP contribution in [-0.2, 0) is 4.79 Å². The van der Waals surface area contributed by atoms with E-state index in [0.717, 1.165) is 44.9 Å². The van der Waals surface area contributed by atoms with Gasteiger partial charge < -0.3 is 5.11 Å². The average molecular weight is 357 g/mol. The predicted octanol–water partition coefficient (Wildman–Crippen LogP) is 7.17. The first-order valence-electron chi connectivity index (χ1n) is 9.96. The topological polar surface area (TPSA) is 37.3 Å². The van der Waals surface area contributed by atoms with Crippen LogP contribution in [0.4, 0.5) is 0 Å². The van der Waals surface area contributed by atoms with Gasteiger partial charge in [0, 0.05) is 0 Å². The summed E-state index contributed by atoms with van der Waals surface area (Å²) in [6.07, 6.45) is 29.8. The van der Waals surface area contributed by atoms with Crippen molar-refractivity contribution in [2.45, 2.75) is 71.6 Å². The summed E-state index contributed by atoms with van der Waals surface area (Å²) >= 11 is 0. The van der Waals surface area contributed by atoms with E-state index in [1.165, 1.54) is 0 Å². The van der Waals surface area contributed by atoms with Crippen LogP contribution < -0.4 is 0 Å². The number of hydrogen-bond acceptors (Lipinski definition) is 1. The largest absolute Gasteiger partial charge is 0.481 e. The quantitative estimate of drug-likeness (QED) is 0.146. The maximum absolute atomic E-state index is 10.9. The molecule has 1 unspecified atom stereocenters. The van der Waals surface area contributed by atoms with E-state index in [-0.39, 0.29) is 5.92 Å². The molecule has 0 spiro atoms. The van der Waals surface area contributed by atoms with Gasteiger partial charge in [-0.15, -0.1) is 5.73 Å². The Hall–Kier alpha value is -2.05. The molecule has 0 rings (SSSR count). The van der Waals surface area contributed by atoms with E-state index < -0.39 is 5.97 Å². The second kappa shape index (κ2) is 19.3. The van der Waals surface area contributed by atoms with Crippen molar-refractivity contribution in [3.05, 3.63) is 66.5 Å². The SMILES string of the molecule is CC/C=C\C/C=C\C/C=C\C=C=CCCCC/C=C\CC(CC)C(=O)O. The molecule has 0 saturated carbocycles. The summed E-state index contributed by atoms with van der Waals surface area (Å²) in [5.74, 6) is -0.927. The molecule has 0 radical (unpaired) electrons. The van der Waals surface area contributed by atoms with Crippen LogP contribution in [0.1, 0.15) is 71.6 Å². The van der Waals surface area contributed by atoms with Crippen molar-refractivity contribution in [1.82, 2.24) is 0 Å². The molecule has 0 saturated heterocycles. The van der Waals surface area contributed by atoms with E-state index in [9.17, 15) is 4.79 Å². The molecule has 26 heavy (non-hydrogen) atoms. The van der Waals surface area contributed by atoms with E-state index >= 15 is 0 Å². The molecule has 0 aliphatic rings.